The van der Waals surface area contributed by atoms with Crippen molar-refractivity contribution in [1.29, 1.82) is 0 Å². The predicted molar refractivity (Wildman–Crippen MR) is 51.1 cm³/mol. The van der Waals surface area contributed by atoms with Gasteiger partial charge >= 0.3 is 6.18 Å². The zero-order valence-electron chi connectivity index (χ0n) is 8.75. The molecule has 88 valence electrons. The van der Waals surface area contributed by atoms with E-state index in [4.69, 9.17) is 0 Å². The molecular formula is C9H10F3N3O. The summed E-state index contributed by atoms with van der Waals surface area (Å²) in [5, 5.41) is 0. The molecule has 0 saturated heterocycles. The minimum Gasteiger partial charge on any atom is -0.363 e. The molecule has 0 aliphatic carbocycles. The van der Waals surface area contributed by atoms with Gasteiger partial charge in [0, 0.05) is 26.6 Å². The van der Waals surface area contributed by atoms with E-state index in [2.05, 4.69) is 9.97 Å². The van der Waals surface area contributed by atoms with Gasteiger partial charge in [-0.25, -0.2) is 9.97 Å². The molecular weight excluding hydrogens is 223 g/mol. The van der Waals surface area contributed by atoms with Crippen LogP contribution in [0.15, 0.2) is 6.07 Å². The van der Waals surface area contributed by atoms with Gasteiger partial charge in [0.2, 0.25) is 5.82 Å². The molecule has 0 saturated carbocycles. The van der Waals surface area contributed by atoms with Crippen LogP contribution in [0.4, 0.5) is 19.0 Å². The molecule has 1 rings (SSSR count). The number of hydrogen-bond acceptors (Lipinski definition) is 4. The first-order valence-corrected chi connectivity index (χ1v) is 4.40. The number of alkyl halides is 3. The Morgan fingerprint density at radius 1 is 1.38 bits per heavy atom. The van der Waals surface area contributed by atoms with Gasteiger partial charge in [0.1, 0.15) is 12.1 Å². The van der Waals surface area contributed by atoms with Crippen molar-refractivity contribution in [3.8, 4) is 0 Å². The van der Waals surface area contributed by atoms with Crippen molar-refractivity contribution >= 4 is 12.1 Å². The third kappa shape index (κ3) is 2.91. The van der Waals surface area contributed by atoms with Crippen LogP contribution in [0.3, 0.4) is 0 Å². The number of carbonyl (C=O) groups is 1. The molecule has 0 aromatic carbocycles. The average Bonchev–Trinajstić information content (AvgIpc) is 2.16. The van der Waals surface area contributed by atoms with Crippen LogP contribution < -0.4 is 4.90 Å². The Morgan fingerprint density at radius 3 is 2.44 bits per heavy atom. The fourth-order valence-corrected chi connectivity index (χ4v) is 1.03. The van der Waals surface area contributed by atoms with E-state index in [0.717, 1.165) is 0 Å². The second-order valence-electron chi connectivity index (χ2n) is 3.30. The molecule has 0 radical (unpaired) electrons. The molecule has 0 aliphatic heterocycles. The van der Waals surface area contributed by atoms with Crippen LogP contribution in [0.1, 0.15) is 11.5 Å². The summed E-state index contributed by atoms with van der Waals surface area (Å²) >= 11 is 0. The van der Waals surface area contributed by atoms with Crippen molar-refractivity contribution < 1.29 is 18.0 Å². The van der Waals surface area contributed by atoms with Crippen molar-refractivity contribution in [2.75, 3.05) is 19.0 Å². The lowest BCUT2D eigenvalue weighted by Gasteiger charge is -2.14. The molecule has 7 heteroatoms. The first-order chi connectivity index (χ1) is 7.34. The summed E-state index contributed by atoms with van der Waals surface area (Å²) in [5.74, 6) is -1.10. The lowest BCUT2D eigenvalue weighted by Crippen LogP contribution is -2.18. The van der Waals surface area contributed by atoms with E-state index in [1.54, 1.807) is 14.1 Å². The number of anilines is 1. The van der Waals surface area contributed by atoms with Crippen LogP contribution in [-0.4, -0.2) is 30.3 Å². The van der Waals surface area contributed by atoms with Gasteiger partial charge in [-0.2, -0.15) is 13.2 Å². The molecule has 0 N–H and O–H groups in total. The van der Waals surface area contributed by atoms with E-state index in [9.17, 15) is 18.0 Å². The summed E-state index contributed by atoms with van der Waals surface area (Å²) in [6.45, 7) is 0. The predicted octanol–water partition coefficient (Wildman–Crippen LogP) is 1.30. The molecule has 0 amide bonds. The lowest BCUT2D eigenvalue weighted by atomic mass is 10.3. The Balaban J connectivity index is 3.24. The molecule has 0 atom stereocenters. The summed E-state index contributed by atoms with van der Waals surface area (Å²) in [6, 6.07) is 1.35. The zero-order valence-corrected chi connectivity index (χ0v) is 8.75. The summed E-state index contributed by atoms with van der Waals surface area (Å²) in [6.07, 6.45) is -4.27. The van der Waals surface area contributed by atoms with E-state index in [0.29, 0.717) is 6.29 Å². The van der Waals surface area contributed by atoms with Gasteiger partial charge in [-0.3, -0.25) is 0 Å². The largest absolute Gasteiger partial charge is 0.451 e. The van der Waals surface area contributed by atoms with Crippen LogP contribution in [0.2, 0.25) is 0 Å². The smallest absolute Gasteiger partial charge is 0.363 e. The SMILES string of the molecule is CN(C)c1cc(CC=O)nc(C(F)(F)F)n1. The van der Waals surface area contributed by atoms with Crippen LogP contribution in [0.25, 0.3) is 0 Å². The molecule has 0 unspecified atom stereocenters. The van der Waals surface area contributed by atoms with Crippen molar-refractivity contribution in [3.63, 3.8) is 0 Å². The number of carbonyl (C=O) groups excluding carboxylic acids is 1. The minimum atomic E-state index is -4.61. The third-order valence-corrected chi connectivity index (χ3v) is 1.77. The summed E-state index contributed by atoms with van der Waals surface area (Å²) in [7, 11) is 3.13. The fraction of sp³-hybridized carbons (Fsp3) is 0.444. The Morgan fingerprint density at radius 2 is 2.00 bits per heavy atom. The highest BCUT2D eigenvalue weighted by molar-refractivity contribution is 5.55. The Kier molecular flexibility index (Phi) is 3.46. The van der Waals surface area contributed by atoms with E-state index in [-0.39, 0.29) is 17.9 Å². The Hall–Kier alpha value is -1.66. The molecule has 0 fully saturated rings. The van der Waals surface area contributed by atoms with E-state index >= 15 is 0 Å². The molecule has 1 heterocycles. The zero-order chi connectivity index (χ0) is 12.3. The molecule has 1 aromatic rings. The number of aldehydes is 1. The lowest BCUT2D eigenvalue weighted by molar-refractivity contribution is -0.145. The molecule has 1 aromatic heterocycles. The van der Waals surface area contributed by atoms with E-state index in [1.807, 2.05) is 0 Å². The third-order valence-electron chi connectivity index (χ3n) is 1.77. The van der Waals surface area contributed by atoms with E-state index in [1.165, 1.54) is 11.0 Å². The Bertz CT molecular complexity index is 390. The van der Waals surface area contributed by atoms with Crippen molar-refractivity contribution in [3.05, 3.63) is 17.6 Å². The van der Waals surface area contributed by atoms with Crippen LogP contribution in [-0.2, 0) is 17.4 Å². The molecule has 0 aliphatic rings. The van der Waals surface area contributed by atoms with Crippen molar-refractivity contribution in [2.45, 2.75) is 12.6 Å². The average molecular weight is 233 g/mol. The summed E-state index contributed by atoms with van der Waals surface area (Å²) in [4.78, 5) is 18.3. The highest BCUT2D eigenvalue weighted by atomic mass is 19.4. The fourth-order valence-electron chi connectivity index (χ4n) is 1.03. The van der Waals surface area contributed by atoms with Gasteiger partial charge < -0.3 is 9.69 Å². The number of halogens is 3. The van der Waals surface area contributed by atoms with Crippen molar-refractivity contribution in [1.82, 2.24) is 9.97 Å². The number of aromatic nitrogens is 2. The highest BCUT2D eigenvalue weighted by Gasteiger charge is 2.35. The van der Waals surface area contributed by atoms with Gasteiger partial charge in [0.15, 0.2) is 0 Å². The molecule has 4 nitrogen and oxygen atoms in total. The quantitative estimate of drug-likeness (QED) is 0.738. The topological polar surface area (TPSA) is 46.1 Å². The summed E-state index contributed by atoms with van der Waals surface area (Å²) in [5.41, 5.74) is 0.0565. The minimum absolute atomic E-state index is 0.0565. The Labute approximate surface area is 90.1 Å². The standard InChI is InChI=1S/C9H10F3N3O/c1-15(2)7-5-6(3-4-16)13-8(14-7)9(10,11)12/h4-5H,3H2,1-2H3. The van der Waals surface area contributed by atoms with Crippen LogP contribution in [0.5, 0.6) is 0 Å². The van der Waals surface area contributed by atoms with Gasteiger partial charge in [-0.05, 0) is 0 Å². The first-order valence-electron chi connectivity index (χ1n) is 4.40. The maximum Gasteiger partial charge on any atom is 0.451 e. The van der Waals surface area contributed by atoms with E-state index < -0.39 is 12.0 Å². The first kappa shape index (κ1) is 12.4. The van der Waals surface area contributed by atoms with Gasteiger partial charge in [-0.15, -0.1) is 0 Å². The number of rotatable bonds is 3. The molecule has 16 heavy (non-hydrogen) atoms. The number of hydrogen-bond donors (Lipinski definition) is 0. The number of nitrogens with zero attached hydrogens (tertiary/aromatic N) is 3. The maximum absolute atomic E-state index is 12.4. The monoisotopic (exact) mass is 233 g/mol. The van der Waals surface area contributed by atoms with Crippen LogP contribution in [0, 0.1) is 0 Å². The van der Waals surface area contributed by atoms with Gasteiger partial charge in [0.05, 0.1) is 5.69 Å². The highest BCUT2D eigenvalue weighted by Crippen LogP contribution is 2.27. The van der Waals surface area contributed by atoms with Crippen molar-refractivity contribution in [2.24, 2.45) is 0 Å². The summed E-state index contributed by atoms with van der Waals surface area (Å²) < 4.78 is 37.3. The van der Waals surface area contributed by atoms with Crippen LogP contribution >= 0.6 is 0 Å². The molecule has 0 bridgehead atoms. The van der Waals surface area contributed by atoms with Gasteiger partial charge in [0.25, 0.3) is 0 Å². The molecule has 0 spiro atoms. The normalized spacial score (nSPS) is 11.3. The maximum atomic E-state index is 12.4. The second-order valence-corrected chi connectivity index (χ2v) is 3.30. The second kappa shape index (κ2) is 4.46. The van der Waals surface area contributed by atoms with Gasteiger partial charge in [-0.1, -0.05) is 0 Å².